The van der Waals surface area contributed by atoms with Crippen LogP contribution in [0.2, 0.25) is 0 Å². The van der Waals surface area contributed by atoms with E-state index in [1.807, 2.05) is 27.7 Å². The van der Waals surface area contributed by atoms with Gasteiger partial charge in [-0.05, 0) is 46.5 Å². The summed E-state index contributed by atoms with van der Waals surface area (Å²) in [5.74, 6) is 0.689. The van der Waals surface area contributed by atoms with E-state index in [0.717, 1.165) is 24.1 Å². The molecule has 1 aromatic rings. The highest BCUT2D eigenvalue weighted by molar-refractivity contribution is 7.99. The first-order chi connectivity index (χ1) is 13.6. The van der Waals surface area contributed by atoms with Gasteiger partial charge in [0.25, 0.3) is 5.91 Å². The van der Waals surface area contributed by atoms with Crippen LogP contribution in [0, 0.1) is 5.92 Å². The van der Waals surface area contributed by atoms with Crippen LogP contribution in [0.4, 0.5) is 0 Å². The maximum absolute atomic E-state index is 12.1. The van der Waals surface area contributed by atoms with Gasteiger partial charge in [0.05, 0.1) is 17.8 Å². The lowest BCUT2D eigenvalue weighted by Crippen LogP contribution is -2.46. The van der Waals surface area contributed by atoms with Gasteiger partial charge in [0, 0.05) is 36.7 Å². The van der Waals surface area contributed by atoms with E-state index >= 15 is 0 Å². The first kappa shape index (κ1) is 22.5. The molecule has 2 fully saturated rings. The average molecular weight is 423 g/mol. The minimum Gasteiger partial charge on any atom is -0.399 e. The number of amides is 1. The number of thioether (sulfide) groups is 1. The summed E-state index contributed by atoms with van der Waals surface area (Å²) in [6.45, 7) is 8.69. The number of carbonyl (C=O) groups is 1. The standard InChI is InChI=1S/C19H30BN3O5S/c1-18(2)19(3,4)28-20(27-18)14-8-21-17(22-9-14)29-12-13-6-5-7-23(10-13)16(26)15(25)11-24/h8-9,13,15,24-25H,5-7,10-12H2,1-4H3/t13-,15+/m1/s1. The second-order valence-electron chi connectivity index (χ2n) is 8.69. The Bertz CT molecular complexity index is 702. The van der Waals surface area contributed by atoms with Crippen molar-refractivity contribution in [3.05, 3.63) is 12.4 Å². The van der Waals surface area contributed by atoms with E-state index in [0.29, 0.717) is 24.2 Å². The molecule has 2 atom stereocenters. The van der Waals surface area contributed by atoms with Gasteiger partial charge in [-0.1, -0.05) is 11.8 Å². The Morgan fingerprint density at radius 1 is 1.31 bits per heavy atom. The van der Waals surface area contributed by atoms with Crippen LogP contribution in [0.3, 0.4) is 0 Å². The van der Waals surface area contributed by atoms with Crippen LogP contribution in [-0.4, -0.2) is 80.9 Å². The van der Waals surface area contributed by atoms with Gasteiger partial charge < -0.3 is 24.4 Å². The van der Waals surface area contributed by atoms with Gasteiger partial charge in [0.15, 0.2) is 11.3 Å². The van der Waals surface area contributed by atoms with Crippen LogP contribution in [-0.2, 0) is 14.1 Å². The second kappa shape index (κ2) is 8.89. The fraction of sp³-hybridized carbons (Fsp3) is 0.737. The molecule has 2 N–H and O–H groups in total. The van der Waals surface area contributed by atoms with E-state index in [1.165, 1.54) is 0 Å². The molecule has 0 aliphatic carbocycles. The van der Waals surface area contributed by atoms with Crippen LogP contribution in [0.15, 0.2) is 17.6 Å². The number of rotatable bonds is 6. The quantitative estimate of drug-likeness (QED) is 0.386. The number of hydrogen-bond acceptors (Lipinski definition) is 8. The normalized spacial score (nSPS) is 24.6. The van der Waals surface area contributed by atoms with Crippen molar-refractivity contribution < 1.29 is 24.3 Å². The molecule has 10 heteroatoms. The van der Waals surface area contributed by atoms with E-state index < -0.39 is 36.9 Å². The maximum Gasteiger partial charge on any atom is 0.498 e. The van der Waals surface area contributed by atoms with Crippen LogP contribution in [0.25, 0.3) is 0 Å². The molecule has 0 unspecified atom stereocenters. The van der Waals surface area contributed by atoms with Gasteiger partial charge in [-0.15, -0.1) is 0 Å². The van der Waals surface area contributed by atoms with Gasteiger partial charge in [-0.2, -0.15) is 0 Å². The molecule has 0 spiro atoms. The van der Waals surface area contributed by atoms with Crippen molar-refractivity contribution in [3.8, 4) is 0 Å². The highest BCUT2D eigenvalue weighted by Crippen LogP contribution is 2.36. The zero-order valence-corrected chi connectivity index (χ0v) is 18.3. The summed E-state index contributed by atoms with van der Waals surface area (Å²) in [7, 11) is -0.477. The number of carbonyl (C=O) groups excluding carboxylic acids is 1. The highest BCUT2D eigenvalue weighted by Gasteiger charge is 2.51. The molecule has 3 heterocycles. The summed E-state index contributed by atoms with van der Waals surface area (Å²) in [4.78, 5) is 22.6. The lowest BCUT2D eigenvalue weighted by Gasteiger charge is -2.33. The van der Waals surface area contributed by atoms with Crippen molar-refractivity contribution in [2.24, 2.45) is 5.92 Å². The van der Waals surface area contributed by atoms with Crippen LogP contribution >= 0.6 is 11.8 Å². The summed E-state index contributed by atoms with van der Waals surface area (Å²) >= 11 is 1.55. The predicted molar refractivity (Wildman–Crippen MR) is 111 cm³/mol. The lowest BCUT2D eigenvalue weighted by atomic mass is 9.81. The lowest BCUT2D eigenvalue weighted by molar-refractivity contribution is -0.143. The fourth-order valence-electron chi connectivity index (χ4n) is 3.38. The molecule has 0 bridgehead atoms. The molecule has 2 saturated heterocycles. The third-order valence-corrected chi connectivity index (χ3v) is 7.02. The molecule has 2 aliphatic rings. The minimum absolute atomic E-state index is 0.301. The molecule has 29 heavy (non-hydrogen) atoms. The number of nitrogens with zero attached hydrogens (tertiary/aromatic N) is 3. The first-order valence-corrected chi connectivity index (χ1v) is 11.0. The van der Waals surface area contributed by atoms with Gasteiger partial charge >= 0.3 is 7.12 Å². The molecular weight excluding hydrogens is 393 g/mol. The monoisotopic (exact) mass is 423 g/mol. The molecule has 1 amide bonds. The summed E-state index contributed by atoms with van der Waals surface area (Å²) in [5, 5.41) is 19.2. The summed E-state index contributed by atoms with van der Waals surface area (Å²) in [5.41, 5.74) is -0.0155. The SMILES string of the molecule is CC1(C)OB(c2cnc(SC[C@@H]3CCCN(C(=O)[C@@H](O)CO)C3)nc2)OC1(C)C. The summed E-state index contributed by atoms with van der Waals surface area (Å²) in [6, 6.07) is 0. The molecule has 1 aromatic heterocycles. The van der Waals surface area contributed by atoms with E-state index in [1.54, 1.807) is 29.1 Å². The first-order valence-electron chi connectivity index (χ1n) is 10.0. The number of likely N-dealkylation sites (tertiary alicyclic amines) is 1. The maximum atomic E-state index is 12.1. The number of hydrogen-bond donors (Lipinski definition) is 2. The largest absolute Gasteiger partial charge is 0.498 e. The van der Waals surface area contributed by atoms with E-state index in [4.69, 9.17) is 14.4 Å². The molecular formula is C19H30BN3O5S. The van der Waals surface area contributed by atoms with Gasteiger partial charge in [0.1, 0.15) is 0 Å². The molecule has 2 aliphatic heterocycles. The highest BCUT2D eigenvalue weighted by atomic mass is 32.2. The van der Waals surface area contributed by atoms with E-state index in [2.05, 4.69) is 9.97 Å². The Morgan fingerprint density at radius 3 is 2.52 bits per heavy atom. The second-order valence-corrected chi connectivity index (χ2v) is 9.68. The summed E-state index contributed by atoms with van der Waals surface area (Å²) < 4.78 is 12.0. The van der Waals surface area contributed by atoms with Crippen molar-refractivity contribution in [1.82, 2.24) is 14.9 Å². The summed E-state index contributed by atoms with van der Waals surface area (Å²) in [6.07, 6.45) is 4.05. The Kier molecular flexibility index (Phi) is 6.90. The fourth-order valence-corrected chi connectivity index (χ4v) is 4.30. The van der Waals surface area contributed by atoms with Gasteiger partial charge in [-0.3, -0.25) is 4.79 Å². The van der Waals surface area contributed by atoms with Crippen molar-refractivity contribution in [1.29, 1.82) is 0 Å². The predicted octanol–water partition coefficient (Wildman–Crippen LogP) is 0.460. The third-order valence-electron chi connectivity index (χ3n) is 5.91. The number of aliphatic hydroxyl groups excluding tert-OH is 2. The Labute approximate surface area is 176 Å². The number of aliphatic hydroxyl groups is 2. The zero-order chi connectivity index (χ0) is 21.2. The Hall–Kier alpha value is -1.20. The molecule has 3 rings (SSSR count). The van der Waals surface area contributed by atoms with Crippen LogP contribution in [0.1, 0.15) is 40.5 Å². The van der Waals surface area contributed by atoms with Crippen molar-refractivity contribution in [3.63, 3.8) is 0 Å². The van der Waals surface area contributed by atoms with Crippen molar-refractivity contribution >= 4 is 30.3 Å². The smallest absolute Gasteiger partial charge is 0.399 e. The topological polar surface area (TPSA) is 105 Å². The van der Waals surface area contributed by atoms with Crippen LogP contribution < -0.4 is 5.46 Å². The van der Waals surface area contributed by atoms with Gasteiger partial charge in [-0.25, -0.2) is 9.97 Å². The van der Waals surface area contributed by atoms with Crippen molar-refractivity contribution in [2.45, 2.75) is 63.0 Å². The molecule has 0 radical (unpaired) electrons. The van der Waals surface area contributed by atoms with Crippen molar-refractivity contribution in [2.75, 3.05) is 25.4 Å². The average Bonchev–Trinajstić information content (AvgIpc) is 2.93. The number of aromatic nitrogens is 2. The molecule has 0 saturated carbocycles. The number of piperidine rings is 1. The zero-order valence-electron chi connectivity index (χ0n) is 17.5. The molecule has 8 nitrogen and oxygen atoms in total. The minimum atomic E-state index is -1.33. The van der Waals surface area contributed by atoms with Crippen LogP contribution in [0.5, 0.6) is 0 Å². The molecule has 160 valence electrons. The Morgan fingerprint density at radius 2 is 1.93 bits per heavy atom. The third kappa shape index (κ3) is 5.11. The van der Waals surface area contributed by atoms with E-state index in [-0.39, 0.29) is 0 Å². The molecule has 0 aromatic carbocycles. The van der Waals surface area contributed by atoms with E-state index in [9.17, 15) is 9.90 Å². The Balaban J connectivity index is 1.52. The van der Waals surface area contributed by atoms with Gasteiger partial charge in [0.2, 0.25) is 0 Å².